The Bertz CT molecular complexity index is 953. The minimum Gasteiger partial charge on any atom is -0.324 e. The number of hydrogen-bond acceptors (Lipinski definition) is 4. The number of sulfonamides is 1. The molecular weight excluding hydrogens is 409 g/mol. The highest BCUT2D eigenvalue weighted by atomic mass is 32.2. The molecule has 0 bridgehead atoms. The third-order valence-corrected chi connectivity index (χ3v) is 6.57. The molecule has 0 radical (unpaired) electrons. The van der Waals surface area contributed by atoms with E-state index in [4.69, 9.17) is 0 Å². The Kier molecular flexibility index (Phi) is 6.27. The summed E-state index contributed by atoms with van der Waals surface area (Å²) in [5.41, 5.74) is -0.669. The Morgan fingerprint density at radius 3 is 2.55 bits per heavy atom. The van der Waals surface area contributed by atoms with E-state index in [1.54, 1.807) is 12.3 Å². The molecule has 0 unspecified atom stereocenters. The zero-order chi connectivity index (χ0) is 21.1. The summed E-state index contributed by atoms with van der Waals surface area (Å²) in [5.74, 6) is -0.732. The van der Waals surface area contributed by atoms with Crippen LogP contribution in [0.3, 0.4) is 0 Å². The zero-order valence-corrected chi connectivity index (χ0v) is 16.3. The SMILES string of the molecule is O=C(CCCS(=O)(=O)N1CCCC1)Nc1cc(C(F)(F)F)ccc1-n1cccn1. The van der Waals surface area contributed by atoms with Crippen LogP contribution in [0.5, 0.6) is 0 Å². The van der Waals surface area contributed by atoms with Gasteiger partial charge in [0.05, 0.1) is 22.7 Å². The van der Waals surface area contributed by atoms with Gasteiger partial charge in [0, 0.05) is 31.9 Å². The van der Waals surface area contributed by atoms with Gasteiger partial charge in [0.25, 0.3) is 0 Å². The smallest absolute Gasteiger partial charge is 0.324 e. The Morgan fingerprint density at radius 1 is 1.21 bits per heavy atom. The maximum absolute atomic E-state index is 13.1. The summed E-state index contributed by atoms with van der Waals surface area (Å²) in [5, 5.41) is 6.44. The summed E-state index contributed by atoms with van der Waals surface area (Å²) in [6.45, 7) is 0.984. The van der Waals surface area contributed by atoms with Crippen molar-refractivity contribution in [3.8, 4) is 5.69 Å². The Balaban J connectivity index is 1.68. The van der Waals surface area contributed by atoms with Crippen molar-refractivity contribution in [1.82, 2.24) is 14.1 Å². The van der Waals surface area contributed by atoms with Crippen molar-refractivity contribution in [2.24, 2.45) is 0 Å². The maximum atomic E-state index is 13.1. The van der Waals surface area contributed by atoms with Crippen molar-refractivity contribution in [1.29, 1.82) is 0 Å². The normalized spacial score (nSPS) is 15.6. The molecule has 158 valence electrons. The highest BCUT2D eigenvalue weighted by Gasteiger charge is 2.31. The van der Waals surface area contributed by atoms with Crippen LogP contribution in [0.25, 0.3) is 5.69 Å². The summed E-state index contributed by atoms with van der Waals surface area (Å²) < 4.78 is 66.3. The molecule has 0 atom stereocenters. The number of carbonyl (C=O) groups is 1. The van der Waals surface area contributed by atoms with E-state index in [1.807, 2.05) is 0 Å². The molecule has 1 aliphatic rings. The van der Waals surface area contributed by atoms with Crippen molar-refractivity contribution in [2.45, 2.75) is 31.9 Å². The summed E-state index contributed by atoms with van der Waals surface area (Å²) in [4.78, 5) is 12.3. The van der Waals surface area contributed by atoms with E-state index in [9.17, 15) is 26.4 Å². The first-order valence-electron chi connectivity index (χ1n) is 9.16. The van der Waals surface area contributed by atoms with Crippen molar-refractivity contribution in [3.63, 3.8) is 0 Å². The summed E-state index contributed by atoms with van der Waals surface area (Å²) in [6, 6.07) is 4.58. The lowest BCUT2D eigenvalue weighted by molar-refractivity contribution is -0.137. The second-order valence-electron chi connectivity index (χ2n) is 6.75. The van der Waals surface area contributed by atoms with Crippen molar-refractivity contribution < 1.29 is 26.4 Å². The van der Waals surface area contributed by atoms with Crippen LogP contribution in [0.1, 0.15) is 31.2 Å². The number of alkyl halides is 3. The number of aromatic nitrogens is 2. The van der Waals surface area contributed by atoms with Gasteiger partial charge in [0.1, 0.15) is 0 Å². The Hall–Kier alpha value is -2.40. The third-order valence-electron chi connectivity index (χ3n) is 4.61. The zero-order valence-electron chi connectivity index (χ0n) is 15.5. The second kappa shape index (κ2) is 8.54. The average Bonchev–Trinajstić information content (AvgIpc) is 3.35. The summed E-state index contributed by atoms with van der Waals surface area (Å²) >= 11 is 0. The molecular formula is C18H21F3N4O3S. The lowest BCUT2D eigenvalue weighted by Crippen LogP contribution is -2.30. The predicted molar refractivity (Wildman–Crippen MR) is 101 cm³/mol. The second-order valence-corrected chi connectivity index (χ2v) is 8.84. The van der Waals surface area contributed by atoms with Gasteiger partial charge in [0.2, 0.25) is 15.9 Å². The average molecular weight is 430 g/mol. The molecule has 1 saturated heterocycles. The highest BCUT2D eigenvalue weighted by Crippen LogP contribution is 2.33. The highest BCUT2D eigenvalue weighted by molar-refractivity contribution is 7.89. The standard InChI is InChI=1S/C18H21F3N4O3S/c19-18(20,21)14-6-7-16(25-11-4-8-22-25)15(13-14)23-17(26)5-3-12-29(27,28)24-9-1-2-10-24/h4,6-8,11,13H,1-3,5,9-10,12H2,(H,23,26). The van der Waals surface area contributed by atoms with Gasteiger partial charge in [-0.25, -0.2) is 17.4 Å². The van der Waals surface area contributed by atoms with Crippen LogP contribution in [-0.4, -0.2) is 47.3 Å². The van der Waals surface area contributed by atoms with Gasteiger partial charge in [-0.05, 0) is 43.5 Å². The van der Waals surface area contributed by atoms with Gasteiger partial charge >= 0.3 is 6.18 Å². The number of anilines is 1. The number of nitrogens with one attached hydrogen (secondary N) is 1. The first kappa shape index (κ1) is 21.3. The number of halogens is 3. The van der Waals surface area contributed by atoms with E-state index < -0.39 is 27.7 Å². The number of amides is 1. The van der Waals surface area contributed by atoms with E-state index in [1.165, 1.54) is 21.3 Å². The monoisotopic (exact) mass is 430 g/mol. The first-order chi connectivity index (χ1) is 13.7. The fourth-order valence-electron chi connectivity index (χ4n) is 3.15. The van der Waals surface area contributed by atoms with Crippen molar-refractivity contribution >= 4 is 21.6 Å². The van der Waals surface area contributed by atoms with Gasteiger partial charge in [-0.1, -0.05) is 0 Å². The molecule has 7 nitrogen and oxygen atoms in total. The topological polar surface area (TPSA) is 84.3 Å². The van der Waals surface area contributed by atoms with E-state index >= 15 is 0 Å². The quantitative estimate of drug-likeness (QED) is 0.732. The largest absolute Gasteiger partial charge is 0.416 e. The molecule has 1 amide bonds. The van der Waals surface area contributed by atoms with E-state index in [-0.39, 0.29) is 30.0 Å². The predicted octanol–water partition coefficient (Wildman–Crippen LogP) is 3.04. The number of benzene rings is 1. The molecule has 11 heteroatoms. The van der Waals surface area contributed by atoms with Crippen LogP contribution in [0, 0.1) is 0 Å². The van der Waals surface area contributed by atoms with Crippen molar-refractivity contribution in [2.75, 3.05) is 24.2 Å². The van der Waals surface area contributed by atoms with Gasteiger partial charge in [-0.15, -0.1) is 0 Å². The van der Waals surface area contributed by atoms with Gasteiger partial charge < -0.3 is 5.32 Å². The fourth-order valence-corrected chi connectivity index (χ4v) is 4.73. The lowest BCUT2D eigenvalue weighted by atomic mass is 10.1. The molecule has 2 heterocycles. The van der Waals surface area contributed by atoms with Gasteiger partial charge in [-0.3, -0.25) is 4.79 Å². The summed E-state index contributed by atoms with van der Waals surface area (Å²) in [6.07, 6.45) is 0.0544. The molecule has 1 aromatic carbocycles. The van der Waals surface area contributed by atoms with Crippen LogP contribution in [-0.2, 0) is 21.0 Å². The maximum Gasteiger partial charge on any atom is 0.416 e. The molecule has 1 fully saturated rings. The molecule has 1 aromatic heterocycles. The number of carbonyl (C=O) groups excluding carboxylic acids is 1. The van der Waals surface area contributed by atoms with Gasteiger partial charge in [0.15, 0.2) is 0 Å². The molecule has 1 N–H and O–H groups in total. The minimum absolute atomic E-state index is 0.0454. The Morgan fingerprint density at radius 2 is 1.93 bits per heavy atom. The first-order valence-corrected chi connectivity index (χ1v) is 10.8. The molecule has 0 aliphatic carbocycles. The molecule has 0 spiro atoms. The third kappa shape index (κ3) is 5.36. The molecule has 0 saturated carbocycles. The molecule has 2 aromatic rings. The summed E-state index contributed by atoms with van der Waals surface area (Å²) in [7, 11) is -3.41. The molecule has 3 rings (SSSR count). The molecule has 29 heavy (non-hydrogen) atoms. The van der Waals surface area contributed by atoms with Crippen LogP contribution >= 0.6 is 0 Å². The van der Waals surface area contributed by atoms with E-state index in [0.29, 0.717) is 13.1 Å². The van der Waals surface area contributed by atoms with Crippen LogP contribution < -0.4 is 5.32 Å². The lowest BCUT2D eigenvalue weighted by Gasteiger charge is -2.16. The number of nitrogens with zero attached hydrogens (tertiary/aromatic N) is 3. The van der Waals surface area contributed by atoms with E-state index in [0.717, 1.165) is 25.0 Å². The van der Waals surface area contributed by atoms with Crippen LogP contribution in [0.2, 0.25) is 0 Å². The van der Waals surface area contributed by atoms with E-state index in [2.05, 4.69) is 10.4 Å². The molecule has 1 aliphatic heterocycles. The van der Waals surface area contributed by atoms with Gasteiger partial charge in [-0.2, -0.15) is 18.3 Å². The number of rotatable bonds is 7. The fraction of sp³-hybridized carbons (Fsp3) is 0.444. The van der Waals surface area contributed by atoms with Crippen LogP contribution in [0.4, 0.5) is 18.9 Å². The van der Waals surface area contributed by atoms with Crippen molar-refractivity contribution in [3.05, 3.63) is 42.2 Å². The van der Waals surface area contributed by atoms with Crippen LogP contribution in [0.15, 0.2) is 36.7 Å². The minimum atomic E-state index is -4.56. The Labute approximate surface area is 166 Å². The number of hydrogen-bond donors (Lipinski definition) is 1.